The Labute approximate surface area is 133 Å². The van der Waals surface area contributed by atoms with Gasteiger partial charge in [-0.3, -0.25) is 10.1 Å². The summed E-state index contributed by atoms with van der Waals surface area (Å²) in [5.41, 5.74) is -0.128. The summed E-state index contributed by atoms with van der Waals surface area (Å²) < 4.78 is 1.42. The Balaban J connectivity index is 2.31. The van der Waals surface area contributed by atoms with E-state index in [0.717, 1.165) is 22.5 Å². The van der Waals surface area contributed by atoms with Gasteiger partial charge in [0.25, 0.3) is 0 Å². The van der Waals surface area contributed by atoms with Gasteiger partial charge >= 0.3 is 5.69 Å². The van der Waals surface area contributed by atoms with Crippen molar-refractivity contribution in [2.24, 2.45) is 0 Å². The van der Waals surface area contributed by atoms with Gasteiger partial charge in [0.1, 0.15) is 6.33 Å². The predicted octanol–water partition coefficient (Wildman–Crippen LogP) is 2.93. The molecule has 112 valence electrons. The van der Waals surface area contributed by atoms with Crippen molar-refractivity contribution in [2.45, 2.75) is 27.0 Å². The lowest BCUT2D eigenvalue weighted by atomic mass is 10.4. The fourth-order valence-electron chi connectivity index (χ4n) is 1.38. The molecule has 0 aromatic carbocycles. The first-order valence-corrected chi connectivity index (χ1v) is 8.80. The molecule has 2 rings (SSSR count). The van der Waals surface area contributed by atoms with Crippen LogP contribution in [0.4, 0.5) is 11.5 Å². The van der Waals surface area contributed by atoms with Gasteiger partial charge in [0, 0.05) is 6.54 Å². The molecule has 11 heteroatoms. The summed E-state index contributed by atoms with van der Waals surface area (Å²) in [4.78, 5) is 18.8. The van der Waals surface area contributed by atoms with Crippen molar-refractivity contribution in [3.05, 3.63) is 16.4 Å². The van der Waals surface area contributed by atoms with Crippen LogP contribution in [0.2, 0.25) is 0 Å². The molecule has 0 unspecified atom stereocenters. The second kappa shape index (κ2) is 7.52. The molecule has 0 radical (unpaired) electrons. The SMILES string of the molecule is CCCNc1ncnc(Sc2nnc(SC)s2)c1[N+](=O)[O-]. The number of anilines is 1. The van der Waals surface area contributed by atoms with Gasteiger partial charge < -0.3 is 5.32 Å². The van der Waals surface area contributed by atoms with Gasteiger partial charge in [0.2, 0.25) is 5.82 Å². The lowest BCUT2D eigenvalue weighted by molar-refractivity contribution is -0.387. The monoisotopic (exact) mass is 344 g/mol. The Bertz CT molecular complexity index is 635. The van der Waals surface area contributed by atoms with Crippen molar-refractivity contribution in [2.75, 3.05) is 18.1 Å². The fraction of sp³-hybridized carbons (Fsp3) is 0.400. The maximum Gasteiger partial charge on any atom is 0.343 e. The lowest BCUT2D eigenvalue weighted by Crippen LogP contribution is -2.07. The number of hydrogen-bond acceptors (Lipinski definition) is 10. The molecule has 0 saturated carbocycles. The summed E-state index contributed by atoms with van der Waals surface area (Å²) in [6.45, 7) is 2.58. The number of aromatic nitrogens is 4. The molecule has 0 atom stereocenters. The third-order valence-corrected chi connectivity index (χ3v) is 5.20. The van der Waals surface area contributed by atoms with Crippen LogP contribution in [0.1, 0.15) is 13.3 Å². The molecule has 0 spiro atoms. The normalized spacial score (nSPS) is 10.6. The van der Waals surface area contributed by atoms with E-state index in [0.29, 0.717) is 10.9 Å². The van der Waals surface area contributed by atoms with Gasteiger partial charge in [-0.15, -0.1) is 10.2 Å². The van der Waals surface area contributed by atoms with Crippen molar-refractivity contribution in [3.8, 4) is 0 Å². The first-order chi connectivity index (χ1) is 10.2. The van der Waals surface area contributed by atoms with Crippen molar-refractivity contribution < 1.29 is 4.92 Å². The predicted molar refractivity (Wildman–Crippen MR) is 83.3 cm³/mol. The Morgan fingerprint density at radius 2 is 2.14 bits per heavy atom. The van der Waals surface area contributed by atoms with Crippen LogP contribution in [0.25, 0.3) is 0 Å². The highest BCUT2D eigenvalue weighted by molar-refractivity contribution is 8.03. The van der Waals surface area contributed by atoms with E-state index in [1.165, 1.54) is 29.4 Å². The second-order valence-corrected chi connectivity index (χ2v) is 6.97. The van der Waals surface area contributed by atoms with Gasteiger partial charge in [-0.1, -0.05) is 30.0 Å². The Kier molecular flexibility index (Phi) is 5.70. The third-order valence-electron chi connectivity index (χ3n) is 2.26. The zero-order valence-corrected chi connectivity index (χ0v) is 13.7. The molecule has 2 aromatic heterocycles. The van der Waals surface area contributed by atoms with Gasteiger partial charge in [-0.05, 0) is 24.4 Å². The quantitative estimate of drug-likeness (QED) is 0.351. The van der Waals surface area contributed by atoms with Gasteiger partial charge in [0.05, 0.1) is 4.92 Å². The molecule has 2 heterocycles. The highest BCUT2D eigenvalue weighted by atomic mass is 32.2. The van der Waals surface area contributed by atoms with E-state index in [-0.39, 0.29) is 16.5 Å². The van der Waals surface area contributed by atoms with E-state index in [9.17, 15) is 10.1 Å². The fourth-order valence-corrected chi connectivity index (χ4v) is 3.80. The molecule has 1 N–H and O–H groups in total. The first kappa shape index (κ1) is 15.9. The Morgan fingerprint density at radius 1 is 1.38 bits per heavy atom. The molecule has 0 aliphatic heterocycles. The van der Waals surface area contributed by atoms with Crippen LogP contribution in [-0.2, 0) is 0 Å². The number of nitro groups is 1. The summed E-state index contributed by atoms with van der Waals surface area (Å²) in [5, 5.41) is 22.4. The van der Waals surface area contributed by atoms with Crippen molar-refractivity contribution in [1.82, 2.24) is 20.2 Å². The molecular weight excluding hydrogens is 332 g/mol. The molecule has 0 saturated heterocycles. The smallest absolute Gasteiger partial charge is 0.343 e. The van der Waals surface area contributed by atoms with Crippen LogP contribution < -0.4 is 5.32 Å². The van der Waals surface area contributed by atoms with E-state index >= 15 is 0 Å². The van der Waals surface area contributed by atoms with Gasteiger partial charge in [0.15, 0.2) is 13.7 Å². The van der Waals surface area contributed by atoms with E-state index in [2.05, 4.69) is 25.5 Å². The van der Waals surface area contributed by atoms with E-state index in [1.54, 1.807) is 0 Å². The molecule has 0 fully saturated rings. The summed E-state index contributed by atoms with van der Waals surface area (Å²) >= 11 is 3.97. The number of hydrogen-bond donors (Lipinski definition) is 1. The number of rotatable bonds is 7. The standard InChI is InChI=1S/C10H12N6O2S3/c1-3-4-11-7-6(16(17)18)8(13-5-12-7)20-10-15-14-9(19-2)21-10/h5H,3-4H2,1-2H3,(H,11,12,13). The zero-order valence-electron chi connectivity index (χ0n) is 11.3. The first-order valence-electron chi connectivity index (χ1n) is 5.94. The van der Waals surface area contributed by atoms with Crippen molar-refractivity contribution >= 4 is 46.4 Å². The second-order valence-electron chi connectivity index (χ2n) is 3.70. The molecule has 8 nitrogen and oxygen atoms in total. The summed E-state index contributed by atoms with van der Waals surface area (Å²) in [7, 11) is 0. The van der Waals surface area contributed by atoms with Crippen molar-refractivity contribution in [1.29, 1.82) is 0 Å². The molecule has 0 aliphatic carbocycles. The highest BCUT2D eigenvalue weighted by Crippen LogP contribution is 2.38. The topological polar surface area (TPSA) is 107 Å². The van der Waals surface area contributed by atoms with Crippen LogP contribution in [0.3, 0.4) is 0 Å². The summed E-state index contributed by atoms with van der Waals surface area (Å²) in [6.07, 6.45) is 4.05. The molecule has 2 aromatic rings. The van der Waals surface area contributed by atoms with Crippen LogP contribution in [-0.4, -0.2) is 37.9 Å². The summed E-state index contributed by atoms with van der Waals surface area (Å²) in [6, 6.07) is 0. The third kappa shape index (κ3) is 4.02. The minimum atomic E-state index is -0.475. The lowest BCUT2D eigenvalue weighted by Gasteiger charge is -2.06. The Morgan fingerprint density at radius 3 is 2.76 bits per heavy atom. The molecule has 0 aliphatic rings. The molecular formula is C10H12N6O2S3. The van der Waals surface area contributed by atoms with Crippen molar-refractivity contribution in [3.63, 3.8) is 0 Å². The molecule has 21 heavy (non-hydrogen) atoms. The highest BCUT2D eigenvalue weighted by Gasteiger charge is 2.24. The average molecular weight is 344 g/mol. The largest absolute Gasteiger partial charge is 0.364 e. The van der Waals surface area contributed by atoms with Crippen LogP contribution in [0.5, 0.6) is 0 Å². The van der Waals surface area contributed by atoms with E-state index < -0.39 is 4.92 Å². The maximum atomic E-state index is 11.3. The Hall–Kier alpha value is -1.46. The van der Waals surface area contributed by atoms with Crippen LogP contribution in [0, 0.1) is 10.1 Å². The summed E-state index contributed by atoms with van der Waals surface area (Å²) in [5.74, 6) is 0.231. The average Bonchev–Trinajstić information content (AvgIpc) is 2.92. The van der Waals surface area contributed by atoms with Crippen LogP contribution >= 0.6 is 34.9 Å². The van der Waals surface area contributed by atoms with Gasteiger partial charge in [-0.25, -0.2) is 9.97 Å². The minimum Gasteiger partial charge on any atom is -0.364 e. The van der Waals surface area contributed by atoms with Gasteiger partial charge in [-0.2, -0.15) is 0 Å². The molecule has 0 bridgehead atoms. The van der Waals surface area contributed by atoms with Crippen LogP contribution in [0.15, 0.2) is 20.0 Å². The number of thioether (sulfide) groups is 1. The van der Waals surface area contributed by atoms with E-state index in [1.807, 2.05) is 13.2 Å². The maximum absolute atomic E-state index is 11.3. The minimum absolute atomic E-state index is 0.128. The molecule has 0 amide bonds. The zero-order chi connectivity index (χ0) is 15.2. The number of nitrogens with one attached hydrogen (secondary N) is 1. The number of nitrogens with zero attached hydrogens (tertiary/aromatic N) is 5. The van der Waals surface area contributed by atoms with E-state index in [4.69, 9.17) is 0 Å².